The maximum Gasteiger partial charge on any atom is 0.328 e. The predicted octanol–water partition coefficient (Wildman–Crippen LogP) is 4.25. The number of nitrogens with zero attached hydrogens (tertiary/aromatic N) is 1. The molecular weight excluding hydrogens is 424 g/mol. The first-order chi connectivity index (χ1) is 15.5. The minimum absolute atomic E-state index is 0.336. The number of amides is 1. The minimum Gasteiger partial charge on any atom is -0.467 e. The summed E-state index contributed by atoms with van der Waals surface area (Å²) in [6.07, 6.45) is 1.23. The van der Waals surface area contributed by atoms with Crippen LogP contribution in [0.3, 0.4) is 0 Å². The Morgan fingerprint density at radius 1 is 1.06 bits per heavy atom. The number of ether oxygens (including phenoxy) is 1. The highest BCUT2D eigenvalue weighted by Gasteiger charge is 2.23. The number of hydrogen-bond donors (Lipinski definition) is 1. The van der Waals surface area contributed by atoms with Crippen molar-refractivity contribution in [2.75, 3.05) is 13.7 Å². The molecule has 0 aromatic heterocycles. The molecule has 1 N–H and O–H groups in total. The fourth-order valence-corrected chi connectivity index (χ4v) is 3.99. The SMILES string of the molecule is COC(=O)C(Cc1ccccc1)NC(=O)c1ccc(C2=NCCc3ccc(Cl)cc32)cc1. The molecule has 6 heteroatoms. The summed E-state index contributed by atoms with van der Waals surface area (Å²) in [5.74, 6) is -0.819. The van der Waals surface area contributed by atoms with E-state index < -0.39 is 12.0 Å². The molecule has 1 heterocycles. The molecule has 0 radical (unpaired) electrons. The first-order valence-corrected chi connectivity index (χ1v) is 10.8. The summed E-state index contributed by atoms with van der Waals surface area (Å²) in [6, 6.07) is 21.8. The number of methoxy groups -OCH3 is 1. The molecule has 0 bridgehead atoms. The van der Waals surface area contributed by atoms with Crippen molar-refractivity contribution in [2.24, 2.45) is 4.99 Å². The Bertz CT molecular complexity index is 1160. The average Bonchev–Trinajstić information content (AvgIpc) is 2.83. The van der Waals surface area contributed by atoms with Crippen LogP contribution in [-0.4, -0.2) is 37.3 Å². The first-order valence-electron chi connectivity index (χ1n) is 10.4. The molecule has 1 atom stereocenters. The smallest absolute Gasteiger partial charge is 0.328 e. The Balaban J connectivity index is 1.51. The number of carbonyl (C=O) groups is 2. The van der Waals surface area contributed by atoms with Gasteiger partial charge in [-0.25, -0.2) is 4.79 Å². The summed E-state index contributed by atoms with van der Waals surface area (Å²) in [5.41, 5.74) is 5.41. The van der Waals surface area contributed by atoms with E-state index in [1.54, 1.807) is 12.1 Å². The first kappa shape index (κ1) is 21.8. The number of esters is 1. The van der Waals surface area contributed by atoms with Crippen molar-refractivity contribution < 1.29 is 14.3 Å². The summed E-state index contributed by atoms with van der Waals surface area (Å²) in [5, 5.41) is 3.46. The zero-order valence-electron chi connectivity index (χ0n) is 17.7. The second-order valence-electron chi connectivity index (χ2n) is 7.60. The highest BCUT2D eigenvalue weighted by Crippen LogP contribution is 2.24. The monoisotopic (exact) mass is 446 g/mol. The van der Waals surface area contributed by atoms with E-state index in [0.29, 0.717) is 23.6 Å². The van der Waals surface area contributed by atoms with Gasteiger partial charge >= 0.3 is 5.97 Å². The molecule has 3 aromatic carbocycles. The van der Waals surface area contributed by atoms with Gasteiger partial charge in [-0.15, -0.1) is 0 Å². The molecule has 1 aliphatic heterocycles. The molecule has 0 saturated carbocycles. The van der Waals surface area contributed by atoms with Crippen molar-refractivity contribution in [1.29, 1.82) is 0 Å². The largest absolute Gasteiger partial charge is 0.467 e. The minimum atomic E-state index is -0.772. The fraction of sp³-hybridized carbons (Fsp3) is 0.192. The highest BCUT2D eigenvalue weighted by atomic mass is 35.5. The fourth-order valence-electron chi connectivity index (χ4n) is 3.81. The van der Waals surface area contributed by atoms with Crippen molar-refractivity contribution in [1.82, 2.24) is 5.32 Å². The average molecular weight is 447 g/mol. The molecule has 162 valence electrons. The van der Waals surface area contributed by atoms with E-state index >= 15 is 0 Å². The third-order valence-corrected chi connectivity index (χ3v) is 5.71. The highest BCUT2D eigenvalue weighted by molar-refractivity contribution is 6.31. The molecule has 1 aliphatic rings. The van der Waals surface area contributed by atoms with E-state index in [2.05, 4.69) is 10.3 Å². The molecule has 5 nitrogen and oxygen atoms in total. The third kappa shape index (κ3) is 4.89. The standard InChI is InChI=1S/C26H23ClN2O3/c1-32-26(31)23(15-17-5-3-2-4-6-17)29-25(30)20-9-7-19(8-10-20)24-22-16-21(27)12-11-18(22)13-14-28-24/h2-12,16,23H,13-15H2,1H3,(H,29,30). The second-order valence-corrected chi connectivity index (χ2v) is 8.03. The van der Waals surface area contributed by atoms with Gasteiger partial charge in [0.1, 0.15) is 6.04 Å². The van der Waals surface area contributed by atoms with E-state index in [1.807, 2.05) is 60.7 Å². The summed E-state index contributed by atoms with van der Waals surface area (Å²) in [4.78, 5) is 29.7. The molecule has 1 amide bonds. The van der Waals surface area contributed by atoms with Crippen molar-refractivity contribution in [3.8, 4) is 0 Å². The van der Waals surface area contributed by atoms with Crippen LogP contribution in [0.15, 0.2) is 77.8 Å². The van der Waals surface area contributed by atoms with Crippen LogP contribution in [0, 0.1) is 0 Å². The van der Waals surface area contributed by atoms with Crippen LogP contribution in [0.5, 0.6) is 0 Å². The van der Waals surface area contributed by atoms with Crippen LogP contribution in [0.2, 0.25) is 5.02 Å². The van der Waals surface area contributed by atoms with E-state index in [1.165, 1.54) is 12.7 Å². The van der Waals surface area contributed by atoms with Crippen molar-refractivity contribution >= 4 is 29.2 Å². The normalized spacial score (nSPS) is 13.5. The van der Waals surface area contributed by atoms with E-state index in [9.17, 15) is 9.59 Å². The Morgan fingerprint density at radius 3 is 2.53 bits per heavy atom. The van der Waals surface area contributed by atoms with Gasteiger partial charge < -0.3 is 10.1 Å². The van der Waals surface area contributed by atoms with Crippen molar-refractivity contribution in [3.63, 3.8) is 0 Å². The summed E-state index contributed by atoms with van der Waals surface area (Å²) in [6.45, 7) is 0.715. The molecule has 0 saturated heterocycles. The number of benzene rings is 3. The Morgan fingerprint density at radius 2 is 1.81 bits per heavy atom. The number of rotatable bonds is 6. The van der Waals surface area contributed by atoms with Crippen LogP contribution in [0.25, 0.3) is 0 Å². The lowest BCUT2D eigenvalue weighted by Gasteiger charge is -2.18. The molecule has 4 rings (SSSR count). The van der Waals surface area contributed by atoms with Gasteiger partial charge in [-0.05, 0) is 41.8 Å². The van der Waals surface area contributed by atoms with Gasteiger partial charge in [-0.2, -0.15) is 0 Å². The molecule has 3 aromatic rings. The second kappa shape index (κ2) is 9.79. The maximum atomic E-state index is 12.8. The lowest BCUT2D eigenvalue weighted by Crippen LogP contribution is -2.43. The Labute approximate surface area is 192 Å². The van der Waals surface area contributed by atoms with Crippen LogP contribution in [-0.2, 0) is 22.4 Å². The molecule has 32 heavy (non-hydrogen) atoms. The maximum absolute atomic E-state index is 12.8. The van der Waals surface area contributed by atoms with Gasteiger partial charge in [0.05, 0.1) is 12.8 Å². The lowest BCUT2D eigenvalue weighted by molar-refractivity contribution is -0.142. The summed E-state index contributed by atoms with van der Waals surface area (Å²) >= 11 is 6.19. The van der Waals surface area contributed by atoms with E-state index in [-0.39, 0.29) is 5.91 Å². The molecule has 0 fully saturated rings. The van der Waals surface area contributed by atoms with Gasteiger partial charge in [-0.3, -0.25) is 9.79 Å². The lowest BCUT2D eigenvalue weighted by atomic mass is 9.93. The quantitative estimate of drug-likeness (QED) is 0.575. The molecule has 1 unspecified atom stereocenters. The van der Waals surface area contributed by atoms with Crippen molar-refractivity contribution in [3.05, 3.63) is 106 Å². The van der Waals surface area contributed by atoms with Gasteiger partial charge in [-0.1, -0.05) is 60.1 Å². The predicted molar refractivity (Wildman–Crippen MR) is 126 cm³/mol. The number of halogens is 1. The van der Waals surface area contributed by atoms with E-state index in [4.69, 9.17) is 16.3 Å². The van der Waals surface area contributed by atoms with Gasteiger partial charge in [0.15, 0.2) is 0 Å². The molecular formula is C26H23ClN2O3. The number of fused-ring (bicyclic) bond motifs is 1. The number of aliphatic imine (C=N–C) groups is 1. The van der Waals surface area contributed by atoms with Gasteiger partial charge in [0.2, 0.25) is 0 Å². The van der Waals surface area contributed by atoms with Crippen LogP contribution >= 0.6 is 11.6 Å². The number of nitrogens with one attached hydrogen (secondary N) is 1. The van der Waals surface area contributed by atoms with Crippen LogP contribution in [0.1, 0.15) is 32.6 Å². The third-order valence-electron chi connectivity index (χ3n) is 5.47. The van der Waals surface area contributed by atoms with Gasteiger partial charge in [0.25, 0.3) is 5.91 Å². The zero-order chi connectivity index (χ0) is 22.5. The van der Waals surface area contributed by atoms with Crippen molar-refractivity contribution in [2.45, 2.75) is 18.9 Å². The Hall–Kier alpha value is -3.44. The molecule has 0 spiro atoms. The van der Waals surface area contributed by atoms with Gasteiger partial charge in [0, 0.05) is 34.7 Å². The number of carbonyl (C=O) groups excluding carboxylic acids is 2. The molecule has 0 aliphatic carbocycles. The van der Waals surface area contributed by atoms with Crippen LogP contribution < -0.4 is 5.32 Å². The van der Waals surface area contributed by atoms with E-state index in [0.717, 1.165) is 28.8 Å². The number of hydrogen-bond acceptors (Lipinski definition) is 4. The Kier molecular flexibility index (Phi) is 6.66. The topological polar surface area (TPSA) is 67.8 Å². The zero-order valence-corrected chi connectivity index (χ0v) is 18.4. The summed E-state index contributed by atoms with van der Waals surface area (Å²) < 4.78 is 4.88. The van der Waals surface area contributed by atoms with Crippen LogP contribution in [0.4, 0.5) is 0 Å². The summed E-state index contributed by atoms with van der Waals surface area (Å²) in [7, 11) is 1.32.